The molecule has 0 saturated carbocycles. The molecule has 0 radical (unpaired) electrons. The molecule has 1 atom stereocenters. The number of carboxylic acids is 1. The second-order valence-corrected chi connectivity index (χ2v) is 5.16. The van der Waals surface area contributed by atoms with Crippen LogP contribution in [0.2, 0.25) is 0 Å². The Hall–Kier alpha value is -1.95. The maximum atomic E-state index is 11.8. The fourth-order valence-corrected chi connectivity index (χ4v) is 3.11. The molecule has 88 valence electrons. The summed E-state index contributed by atoms with van der Waals surface area (Å²) in [6.45, 7) is 0. The van der Waals surface area contributed by atoms with E-state index in [0.29, 0.717) is 10.0 Å². The van der Waals surface area contributed by atoms with Crippen molar-refractivity contribution < 1.29 is 14.7 Å². The number of imidazole rings is 1. The van der Waals surface area contributed by atoms with Crippen LogP contribution in [0.1, 0.15) is 22.5 Å². The largest absolute Gasteiger partial charge is 0.550 e. The van der Waals surface area contributed by atoms with E-state index in [1.165, 1.54) is 0 Å². The van der Waals surface area contributed by atoms with Crippen molar-refractivity contribution in [1.29, 1.82) is 0 Å². The van der Waals surface area contributed by atoms with Gasteiger partial charge in [-0.1, -0.05) is 0 Å². The SMILES string of the molecule is O=C([O-])CCC(=O)c1ccc[s+]1-c1ncc[nH]1. The monoisotopic (exact) mass is 250 g/mol. The second kappa shape index (κ2) is 4.92. The Morgan fingerprint density at radius 1 is 1.41 bits per heavy atom. The average molecular weight is 250 g/mol. The Balaban J connectivity index is 2.19. The molecule has 0 saturated heterocycles. The van der Waals surface area contributed by atoms with Gasteiger partial charge in [-0.3, -0.25) is 4.79 Å². The molecule has 2 aromatic heterocycles. The van der Waals surface area contributed by atoms with E-state index >= 15 is 0 Å². The lowest BCUT2D eigenvalue weighted by atomic mass is 10.2. The summed E-state index contributed by atoms with van der Waals surface area (Å²) in [5, 5.41) is 12.9. The fraction of sp³-hybridized carbons (Fsp3) is 0.182. The van der Waals surface area contributed by atoms with Crippen molar-refractivity contribution in [2.24, 2.45) is 0 Å². The van der Waals surface area contributed by atoms with Crippen LogP contribution < -0.4 is 5.11 Å². The Labute approximate surface area is 100 Å². The summed E-state index contributed by atoms with van der Waals surface area (Å²) in [6.07, 6.45) is 3.04. The molecule has 17 heavy (non-hydrogen) atoms. The Bertz CT molecular complexity index is 531. The van der Waals surface area contributed by atoms with Crippen LogP contribution in [0.4, 0.5) is 0 Å². The molecule has 0 bridgehead atoms. The number of carbonyl (C=O) groups excluding carboxylic acids is 2. The van der Waals surface area contributed by atoms with Crippen LogP contribution in [0, 0.1) is 0 Å². The normalized spacial score (nSPS) is 11.4. The molecular formula is C11H10N2O3S. The Morgan fingerprint density at radius 3 is 2.88 bits per heavy atom. The lowest BCUT2D eigenvalue weighted by molar-refractivity contribution is -0.305. The summed E-state index contributed by atoms with van der Waals surface area (Å²) in [5.41, 5.74) is 0. The molecule has 6 heteroatoms. The first kappa shape index (κ1) is 11.5. The topological polar surface area (TPSA) is 85.9 Å². The molecule has 0 aliphatic carbocycles. The first-order valence-electron chi connectivity index (χ1n) is 5.02. The van der Waals surface area contributed by atoms with E-state index in [4.69, 9.17) is 0 Å². The third-order valence-corrected chi connectivity index (χ3v) is 4.12. The van der Waals surface area contributed by atoms with Gasteiger partial charge in [-0.05, 0) is 12.5 Å². The summed E-state index contributed by atoms with van der Waals surface area (Å²) < 4.78 is 0. The highest BCUT2D eigenvalue weighted by Gasteiger charge is 2.24. The first-order chi connectivity index (χ1) is 8.18. The van der Waals surface area contributed by atoms with E-state index in [-0.39, 0.29) is 18.6 Å². The van der Waals surface area contributed by atoms with E-state index in [1.807, 2.05) is 5.38 Å². The number of ketones is 1. The third-order valence-electron chi connectivity index (χ3n) is 2.21. The number of aromatic amines is 1. The maximum Gasteiger partial charge on any atom is 0.349 e. The minimum atomic E-state index is -1.21. The number of aliphatic carboxylic acids is 1. The van der Waals surface area contributed by atoms with Crippen LogP contribution >= 0.6 is 10.5 Å². The molecule has 2 aromatic rings. The van der Waals surface area contributed by atoms with Crippen LogP contribution in [-0.2, 0) is 4.79 Å². The number of Topliss-reactive ketones (excluding diaryl/α,β-unsaturated/α-hetero) is 1. The molecule has 1 N–H and O–H groups in total. The summed E-state index contributed by atoms with van der Waals surface area (Å²) >= 11 is 0. The number of nitrogens with one attached hydrogen (secondary N) is 1. The molecule has 0 aliphatic heterocycles. The van der Waals surface area contributed by atoms with Crippen molar-refractivity contribution in [3.05, 3.63) is 34.8 Å². The maximum absolute atomic E-state index is 11.8. The van der Waals surface area contributed by atoms with Gasteiger partial charge in [0.15, 0.2) is 0 Å². The van der Waals surface area contributed by atoms with Gasteiger partial charge in [0, 0.05) is 24.7 Å². The van der Waals surface area contributed by atoms with Crippen molar-refractivity contribution in [3.8, 4) is 5.16 Å². The van der Waals surface area contributed by atoms with Crippen molar-refractivity contribution in [2.75, 3.05) is 0 Å². The number of carboxylic acid groups (broad SMARTS) is 1. The number of rotatable bonds is 5. The predicted octanol–water partition coefficient (Wildman–Crippen LogP) is 0.861. The highest BCUT2D eigenvalue weighted by molar-refractivity contribution is 7.39. The van der Waals surface area contributed by atoms with Gasteiger partial charge in [-0.15, -0.1) is 0 Å². The number of thiophene rings is 1. The van der Waals surface area contributed by atoms with Crippen LogP contribution in [0.25, 0.3) is 5.16 Å². The van der Waals surface area contributed by atoms with Crippen molar-refractivity contribution >= 4 is 22.2 Å². The molecule has 0 aromatic carbocycles. The van der Waals surface area contributed by atoms with Crippen molar-refractivity contribution in [2.45, 2.75) is 12.8 Å². The highest BCUT2D eigenvalue weighted by atomic mass is 32.2. The lowest BCUT2D eigenvalue weighted by Crippen LogP contribution is -2.22. The minimum Gasteiger partial charge on any atom is -0.550 e. The third kappa shape index (κ3) is 2.59. The van der Waals surface area contributed by atoms with Crippen molar-refractivity contribution in [3.63, 3.8) is 0 Å². The predicted molar refractivity (Wildman–Crippen MR) is 61.0 cm³/mol. The summed E-state index contributed by atoms with van der Waals surface area (Å²) in [7, 11) is -0.491. The number of carbonyl (C=O) groups is 2. The standard InChI is InChI=1S/C11H10N2O3S/c14-8(3-4-10(15)16)9-2-1-7-17(9)11-12-5-6-13-11/h1-2,5-7H,3-4H2,(H-,12,13,15,16). The van der Waals surface area contributed by atoms with E-state index in [9.17, 15) is 14.7 Å². The van der Waals surface area contributed by atoms with Gasteiger partial charge in [-0.2, -0.15) is 4.98 Å². The summed E-state index contributed by atoms with van der Waals surface area (Å²) in [5.74, 6) is -1.37. The molecule has 0 spiro atoms. The molecule has 2 rings (SSSR count). The first-order valence-corrected chi connectivity index (χ1v) is 6.31. The molecular weight excluding hydrogens is 240 g/mol. The second-order valence-electron chi connectivity index (χ2n) is 3.39. The summed E-state index contributed by atoms with van der Waals surface area (Å²) in [6, 6.07) is 3.50. The van der Waals surface area contributed by atoms with Gasteiger partial charge in [0.1, 0.15) is 5.38 Å². The molecule has 0 fully saturated rings. The number of hydrogen-bond donors (Lipinski definition) is 1. The minimum absolute atomic E-state index is 0.0277. The van der Waals surface area contributed by atoms with Gasteiger partial charge >= 0.3 is 5.16 Å². The quantitative estimate of drug-likeness (QED) is 0.630. The lowest BCUT2D eigenvalue weighted by Gasteiger charge is -1.98. The van der Waals surface area contributed by atoms with Gasteiger partial charge in [0.05, 0.1) is 16.7 Å². The number of aromatic nitrogens is 2. The van der Waals surface area contributed by atoms with E-state index in [0.717, 1.165) is 0 Å². The van der Waals surface area contributed by atoms with E-state index in [1.54, 1.807) is 24.5 Å². The van der Waals surface area contributed by atoms with E-state index < -0.39 is 16.4 Å². The zero-order chi connectivity index (χ0) is 12.3. The number of hydrogen-bond acceptors (Lipinski definition) is 4. The average Bonchev–Trinajstić information content (AvgIpc) is 2.94. The van der Waals surface area contributed by atoms with Gasteiger partial charge in [0.25, 0.3) is 0 Å². The van der Waals surface area contributed by atoms with Crippen LogP contribution in [0.15, 0.2) is 29.9 Å². The molecule has 2 heterocycles. The number of H-pyrrole nitrogens is 1. The zero-order valence-corrected chi connectivity index (χ0v) is 9.70. The molecule has 5 nitrogen and oxygen atoms in total. The Kier molecular flexibility index (Phi) is 3.34. The van der Waals surface area contributed by atoms with Crippen LogP contribution in [0.5, 0.6) is 0 Å². The van der Waals surface area contributed by atoms with Crippen molar-refractivity contribution in [1.82, 2.24) is 9.97 Å². The van der Waals surface area contributed by atoms with Gasteiger partial charge in [-0.25, -0.2) is 0 Å². The summed E-state index contributed by atoms with van der Waals surface area (Å²) in [4.78, 5) is 29.8. The fourth-order valence-electron chi connectivity index (χ4n) is 1.45. The molecule has 0 aliphatic rings. The highest BCUT2D eigenvalue weighted by Crippen LogP contribution is 2.33. The molecule has 0 amide bonds. The van der Waals surface area contributed by atoms with Crippen LogP contribution in [0.3, 0.4) is 0 Å². The molecule has 1 unspecified atom stereocenters. The zero-order valence-electron chi connectivity index (χ0n) is 8.88. The van der Waals surface area contributed by atoms with E-state index in [2.05, 4.69) is 9.97 Å². The number of nitrogens with zero attached hydrogens (tertiary/aromatic N) is 1. The van der Waals surface area contributed by atoms with Gasteiger partial charge < -0.3 is 14.9 Å². The van der Waals surface area contributed by atoms with Gasteiger partial charge in [0.2, 0.25) is 10.7 Å². The smallest absolute Gasteiger partial charge is 0.349 e. The van der Waals surface area contributed by atoms with Crippen LogP contribution in [-0.4, -0.2) is 21.7 Å². The Morgan fingerprint density at radius 2 is 2.24 bits per heavy atom.